The topological polar surface area (TPSA) is 84.3 Å². The van der Waals surface area contributed by atoms with Gasteiger partial charge in [0, 0.05) is 38.5 Å². The Bertz CT molecular complexity index is 906. The lowest BCUT2D eigenvalue weighted by atomic mass is 10.00. The molecule has 1 aromatic heterocycles. The molecule has 27 heavy (non-hydrogen) atoms. The molecule has 1 N–H and O–H groups in total. The van der Waals surface area contributed by atoms with Gasteiger partial charge in [0.2, 0.25) is 11.8 Å². The van der Waals surface area contributed by atoms with E-state index in [1.165, 1.54) is 11.1 Å². The Morgan fingerprint density at radius 1 is 1.26 bits per heavy atom. The number of aryl methyl sites for hydroxylation is 1. The molecule has 144 valence electrons. The monoisotopic (exact) mass is 370 g/mol. The molecule has 1 aliphatic heterocycles. The van der Waals surface area contributed by atoms with Crippen molar-refractivity contribution >= 4 is 22.6 Å². The highest BCUT2D eigenvalue weighted by Crippen LogP contribution is 2.16. The smallest absolute Gasteiger partial charge is 0.274 e. The summed E-state index contributed by atoms with van der Waals surface area (Å²) >= 11 is 0. The summed E-state index contributed by atoms with van der Waals surface area (Å²) < 4.78 is 1.26. The van der Waals surface area contributed by atoms with E-state index >= 15 is 0 Å². The van der Waals surface area contributed by atoms with Crippen LogP contribution in [0.25, 0.3) is 10.8 Å². The van der Waals surface area contributed by atoms with Gasteiger partial charge >= 0.3 is 0 Å². The van der Waals surface area contributed by atoms with Crippen molar-refractivity contribution in [3.8, 4) is 0 Å². The number of benzene rings is 1. The number of amides is 2. The van der Waals surface area contributed by atoms with Gasteiger partial charge in [-0.05, 0) is 24.8 Å². The zero-order valence-electron chi connectivity index (χ0n) is 15.9. The standard InChI is InChI=1S/C20H26N4O3/c1-14-6-5-11-24(13-14)19(26)9-10-21-18(25)12-17-15-7-3-4-8-16(15)20(27)23(2)22-17/h3-4,7-8,14H,5-6,9-13H2,1-2H3,(H,21,25). The lowest BCUT2D eigenvalue weighted by Crippen LogP contribution is -2.40. The number of piperidine rings is 1. The van der Waals surface area contributed by atoms with Crippen LogP contribution in [0.1, 0.15) is 31.9 Å². The van der Waals surface area contributed by atoms with Crippen LogP contribution in [-0.2, 0) is 23.1 Å². The summed E-state index contributed by atoms with van der Waals surface area (Å²) in [6.45, 7) is 4.09. The van der Waals surface area contributed by atoms with Crippen molar-refractivity contribution in [1.29, 1.82) is 0 Å². The first-order valence-electron chi connectivity index (χ1n) is 9.45. The van der Waals surface area contributed by atoms with Gasteiger partial charge in [0.05, 0.1) is 17.5 Å². The van der Waals surface area contributed by atoms with Gasteiger partial charge < -0.3 is 10.2 Å². The van der Waals surface area contributed by atoms with E-state index in [1.54, 1.807) is 25.2 Å². The number of hydrogen-bond donors (Lipinski definition) is 1. The molecule has 0 radical (unpaired) electrons. The van der Waals surface area contributed by atoms with Gasteiger partial charge in [0.15, 0.2) is 0 Å². The van der Waals surface area contributed by atoms with E-state index in [9.17, 15) is 14.4 Å². The summed E-state index contributed by atoms with van der Waals surface area (Å²) in [7, 11) is 1.58. The first-order valence-corrected chi connectivity index (χ1v) is 9.45. The highest BCUT2D eigenvalue weighted by atomic mass is 16.2. The van der Waals surface area contributed by atoms with Gasteiger partial charge in [-0.1, -0.05) is 25.1 Å². The second-order valence-electron chi connectivity index (χ2n) is 7.28. The second-order valence-corrected chi connectivity index (χ2v) is 7.28. The lowest BCUT2D eigenvalue weighted by Gasteiger charge is -2.31. The van der Waals surface area contributed by atoms with E-state index in [-0.39, 0.29) is 23.8 Å². The number of rotatable bonds is 5. The van der Waals surface area contributed by atoms with Gasteiger partial charge in [-0.25, -0.2) is 4.68 Å². The molecular weight excluding hydrogens is 344 g/mol. The largest absolute Gasteiger partial charge is 0.355 e. The van der Waals surface area contributed by atoms with E-state index in [4.69, 9.17) is 0 Å². The molecule has 7 nitrogen and oxygen atoms in total. The van der Waals surface area contributed by atoms with E-state index in [0.717, 1.165) is 19.5 Å². The minimum Gasteiger partial charge on any atom is -0.355 e. The average molecular weight is 370 g/mol. The maximum absolute atomic E-state index is 12.3. The molecule has 1 unspecified atom stereocenters. The van der Waals surface area contributed by atoms with Gasteiger partial charge in [-0.15, -0.1) is 0 Å². The molecule has 0 spiro atoms. The van der Waals surface area contributed by atoms with Gasteiger partial charge in [-0.3, -0.25) is 14.4 Å². The van der Waals surface area contributed by atoms with Crippen molar-refractivity contribution in [2.75, 3.05) is 19.6 Å². The highest BCUT2D eigenvalue weighted by Gasteiger charge is 2.20. The summed E-state index contributed by atoms with van der Waals surface area (Å²) in [4.78, 5) is 38.6. The summed E-state index contributed by atoms with van der Waals surface area (Å²) in [6.07, 6.45) is 2.59. The third-order valence-corrected chi connectivity index (χ3v) is 5.03. The van der Waals surface area contributed by atoms with E-state index in [1.807, 2.05) is 11.0 Å². The summed E-state index contributed by atoms with van der Waals surface area (Å²) in [6, 6.07) is 7.15. The molecule has 3 rings (SSSR count). The average Bonchev–Trinajstić information content (AvgIpc) is 2.66. The number of carbonyl (C=O) groups excluding carboxylic acids is 2. The van der Waals surface area contributed by atoms with Crippen LogP contribution < -0.4 is 10.9 Å². The quantitative estimate of drug-likeness (QED) is 0.858. The Hall–Kier alpha value is -2.70. The zero-order valence-corrected chi connectivity index (χ0v) is 15.9. The first-order chi connectivity index (χ1) is 13.0. The Labute approximate surface area is 158 Å². The Morgan fingerprint density at radius 2 is 2.00 bits per heavy atom. The first kappa shape index (κ1) is 19.1. The third kappa shape index (κ3) is 4.53. The molecule has 1 atom stereocenters. The third-order valence-electron chi connectivity index (χ3n) is 5.03. The molecule has 1 aliphatic rings. The molecule has 2 heterocycles. The number of hydrogen-bond acceptors (Lipinski definition) is 4. The van der Waals surface area contributed by atoms with Crippen LogP contribution in [0.15, 0.2) is 29.1 Å². The Morgan fingerprint density at radius 3 is 2.74 bits per heavy atom. The van der Waals surface area contributed by atoms with E-state index < -0.39 is 0 Å². The predicted molar refractivity (Wildman–Crippen MR) is 103 cm³/mol. The van der Waals surface area contributed by atoms with Crippen LogP contribution in [-0.4, -0.2) is 46.1 Å². The molecule has 1 fully saturated rings. The molecule has 0 bridgehead atoms. The van der Waals surface area contributed by atoms with Gasteiger partial charge in [-0.2, -0.15) is 5.10 Å². The number of carbonyl (C=O) groups is 2. The SMILES string of the molecule is CC1CCCN(C(=O)CCNC(=O)Cc2nn(C)c(=O)c3ccccc23)C1. The fourth-order valence-corrected chi connectivity index (χ4v) is 3.60. The van der Waals surface area contributed by atoms with Crippen molar-refractivity contribution in [2.45, 2.75) is 32.6 Å². The lowest BCUT2D eigenvalue weighted by molar-refractivity contribution is -0.132. The van der Waals surface area contributed by atoms with Crippen LogP contribution in [0.3, 0.4) is 0 Å². The fraction of sp³-hybridized carbons (Fsp3) is 0.500. The van der Waals surface area contributed by atoms with Crippen LogP contribution in [0.4, 0.5) is 0 Å². The number of aromatic nitrogens is 2. The highest BCUT2D eigenvalue weighted by molar-refractivity contribution is 5.88. The molecule has 2 amide bonds. The van der Waals surface area contributed by atoms with Crippen molar-refractivity contribution < 1.29 is 9.59 Å². The minimum atomic E-state index is -0.203. The molecule has 0 aliphatic carbocycles. The second kappa shape index (κ2) is 8.33. The van der Waals surface area contributed by atoms with Crippen LogP contribution in [0.5, 0.6) is 0 Å². The van der Waals surface area contributed by atoms with Crippen LogP contribution >= 0.6 is 0 Å². The summed E-state index contributed by atoms with van der Waals surface area (Å²) in [5.74, 6) is 0.431. The number of nitrogens with zero attached hydrogens (tertiary/aromatic N) is 3. The molecule has 1 saturated heterocycles. The number of fused-ring (bicyclic) bond motifs is 1. The van der Waals surface area contributed by atoms with Crippen LogP contribution in [0, 0.1) is 5.92 Å². The van der Waals surface area contributed by atoms with E-state index in [2.05, 4.69) is 17.3 Å². The van der Waals surface area contributed by atoms with Crippen molar-refractivity contribution in [3.05, 3.63) is 40.3 Å². The summed E-state index contributed by atoms with van der Waals surface area (Å²) in [5, 5.41) is 8.27. The van der Waals surface area contributed by atoms with Crippen molar-refractivity contribution in [2.24, 2.45) is 13.0 Å². The van der Waals surface area contributed by atoms with Crippen molar-refractivity contribution in [1.82, 2.24) is 20.0 Å². The fourth-order valence-electron chi connectivity index (χ4n) is 3.60. The maximum Gasteiger partial charge on any atom is 0.274 e. The van der Waals surface area contributed by atoms with Gasteiger partial charge in [0.25, 0.3) is 5.56 Å². The summed E-state index contributed by atoms with van der Waals surface area (Å²) in [5.41, 5.74) is 0.373. The molecule has 2 aromatic rings. The maximum atomic E-state index is 12.3. The normalized spacial score (nSPS) is 17.1. The molecule has 0 saturated carbocycles. The molecule has 7 heteroatoms. The number of nitrogens with one attached hydrogen (secondary N) is 1. The van der Waals surface area contributed by atoms with Crippen molar-refractivity contribution in [3.63, 3.8) is 0 Å². The zero-order chi connectivity index (χ0) is 19.4. The van der Waals surface area contributed by atoms with Gasteiger partial charge in [0.1, 0.15) is 0 Å². The molecular formula is C20H26N4O3. The predicted octanol–water partition coefficient (Wildman–Crippen LogP) is 1.24. The Balaban J connectivity index is 1.57. The number of likely N-dealkylation sites (tertiary alicyclic amines) is 1. The molecule has 1 aromatic carbocycles. The minimum absolute atomic E-state index is 0.0730. The van der Waals surface area contributed by atoms with Crippen LogP contribution in [0.2, 0.25) is 0 Å². The Kier molecular flexibility index (Phi) is 5.88. The van der Waals surface area contributed by atoms with E-state index in [0.29, 0.717) is 35.3 Å².